The van der Waals surface area contributed by atoms with Crippen LogP contribution in [-0.4, -0.2) is 56.9 Å². The van der Waals surface area contributed by atoms with Crippen molar-refractivity contribution in [3.63, 3.8) is 0 Å². The van der Waals surface area contributed by atoms with Crippen molar-refractivity contribution in [3.8, 4) is 0 Å². The lowest BCUT2D eigenvalue weighted by molar-refractivity contribution is -0.176. The third-order valence-electron chi connectivity index (χ3n) is 4.38. The molecule has 0 unspecified atom stereocenters. The fourth-order valence-corrected chi connectivity index (χ4v) is 3.04. The molecule has 2 rings (SSSR count). The Morgan fingerprint density at radius 2 is 1.89 bits per heavy atom. The maximum absolute atomic E-state index is 12.1. The van der Waals surface area contributed by atoms with Crippen LogP contribution in [-0.2, 0) is 17.9 Å². The Hall–Kier alpha value is -1.80. The Kier molecular flexibility index (Phi) is 8.87. The largest absolute Gasteiger partial charge is 0.411 e. The molecule has 1 heterocycles. The number of guanidine groups is 1. The van der Waals surface area contributed by atoms with E-state index >= 15 is 0 Å². The number of rotatable bonds is 8. The van der Waals surface area contributed by atoms with Gasteiger partial charge in [-0.3, -0.25) is 4.99 Å². The van der Waals surface area contributed by atoms with E-state index in [1.54, 1.807) is 13.1 Å². The van der Waals surface area contributed by atoms with Crippen molar-refractivity contribution < 1.29 is 17.9 Å². The van der Waals surface area contributed by atoms with E-state index in [1.165, 1.54) is 19.3 Å². The fraction of sp³-hybridized carbons (Fsp3) is 0.632. The average Bonchev–Trinajstić information content (AvgIpc) is 2.65. The van der Waals surface area contributed by atoms with Crippen LogP contribution in [0.15, 0.2) is 29.3 Å². The lowest BCUT2D eigenvalue weighted by Gasteiger charge is -2.26. The van der Waals surface area contributed by atoms with Gasteiger partial charge in [0.05, 0.1) is 6.61 Å². The quantitative estimate of drug-likeness (QED) is 0.533. The van der Waals surface area contributed by atoms with E-state index in [4.69, 9.17) is 4.74 Å². The highest BCUT2D eigenvalue weighted by atomic mass is 19.4. The van der Waals surface area contributed by atoms with Crippen LogP contribution in [0.3, 0.4) is 0 Å². The summed E-state index contributed by atoms with van der Waals surface area (Å²) in [6.45, 7) is 3.39. The molecule has 0 radical (unpaired) electrons. The van der Waals surface area contributed by atoms with Crippen LogP contribution in [0.4, 0.5) is 13.2 Å². The van der Waals surface area contributed by atoms with E-state index in [1.807, 2.05) is 18.2 Å². The van der Waals surface area contributed by atoms with Crippen LogP contribution in [0.25, 0.3) is 0 Å². The highest BCUT2D eigenvalue weighted by molar-refractivity contribution is 5.79. The van der Waals surface area contributed by atoms with Gasteiger partial charge in [0.15, 0.2) is 5.96 Å². The second-order valence-electron chi connectivity index (χ2n) is 6.68. The molecule has 1 fully saturated rings. The number of hydrogen-bond donors (Lipinski definition) is 2. The van der Waals surface area contributed by atoms with Crippen LogP contribution in [0.1, 0.15) is 30.4 Å². The summed E-state index contributed by atoms with van der Waals surface area (Å²) in [5.74, 6) is 0.714. The molecule has 0 atom stereocenters. The molecular formula is C19H29F3N4O. The zero-order chi connectivity index (χ0) is 19.5. The Morgan fingerprint density at radius 3 is 2.59 bits per heavy atom. The summed E-state index contributed by atoms with van der Waals surface area (Å²) in [4.78, 5) is 6.66. The maximum atomic E-state index is 12.1. The van der Waals surface area contributed by atoms with Gasteiger partial charge in [0, 0.05) is 26.7 Å². The predicted molar refractivity (Wildman–Crippen MR) is 101 cm³/mol. The summed E-state index contributed by atoms with van der Waals surface area (Å²) < 4.78 is 41.2. The topological polar surface area (TPSA) is 48.9 Å². The molecule has 1 aliphatic rings. The number of hydrogen-bond acceptors (Lipinski definition) is 3. The molecule has 1 aromatic carbocycles. The molecule has 0 aliphatic carbocycles. The van der Waals surface area contributed by atoms with Gasteiger partial charge in [-0.1, -0.05) is 30.7 Å². The maximum Gasteiger partial charge on any atom is 0.411 e. The number of nitrogens with zero attached hydrogens (tertiary/aromatic N) is 2. The van der Waals surface area contributed by atoms with Crippen LogP contribution in [0, 0.1) is 0 Å². The third-order valence-corrected chi connectivity index (χ3v) is 4.38. The van der Waals surface area contributed by atoms with Crippen molar-refractivity contribution in [2.24, 2.45) is 4.99 Å². The number of halogens is 3. The fourth-order valence-electron chi connectivity index (χ4n) is 3.04. The van der Waals surface area contributed by atoms with Crippen molar-refractivity contribution in [1.82, 2.24) is 15.5 Å². The Labute approximate surface area is 159 Å². The van der Waals surface area contributed by atoms with Crippen LogP contribution >= 0.6 is 0 Å². The molecule has 0 aromatic heterocycles. The molecule has 2 N–H and O–H groups in total. The van der Waals surface area contributed by atoms with Crippen molar-refractivity contribution in [1.29, 1.82) is 0 Å². The normalized spacial score (nSPS) is 16.4. The van der Waals surface area contributed by atoms with Gasteiger partial charge in [-0.2, -0.15) is 13.2 Å². The van der Waals surface area contributed by atoms with E-state index in [0.29, 0.717) is 18.1 Å². The van der Waals surface area contributed by atoms with Gasteiger partial charge in [-0.25, -0.2) is 0 Å². The van der Waals surface area contributed by atoms with Gasteiger partial charge >= 0.3 is 6.18 Å². The molecule has 1 aliphatic heterocycles. The van der Waals surface area contributed by atoms with Gasteiger partial charge in [0.1, 0.15) is 6.61 Å². The molecule has 0 bridgehead atoms. The summed E-state index contributed by atoms with van der Waals surface area (Å²) in [6, 6.07) is 7.33. The first kappa shape index (κ1) is 21.5. The van der Waals surface area contributed by atoms with Crippen molar-refractivity contribution in [3.05, 3.63) is 35.4 Å². The number of piperidine rings is 1. The molecule has 0 spiro atoms. The van der Waals surface area contributed by atoms with Crippen LogP contribution in [0.2, 0.25) is 0 Å². The summed E-state index contributed by atoms with van der Waals surface area (Å²) in [5.41, 5.74) is 1.67. The smallest absolute Gasteiger partial charge is 0.367 e. The van der Waals surface area contributed by atoms with Gasteiger partial charge in [-0.15, -0.1) is 0 Å². The summed E-state index contributed by atoms with van der Waals surface area (Å²) >= 11 is 0. The van der Waals surface area contributed by atoms with E-state index in [2.05, 4.69) is 20.5 Å². The molecule has 152 valence electrons. The standard InChI is InChI=1S/C19H29F3N4O/c1-23-18(24-8-11-26-9-3-2-4-10-26)25-13-16-6-5-7-17(12-16)14-27-15-19(20,21)22/h5-7,12H,2-4,8-11,13-15H2,1H3,(H2,23,24,25). The minimum absolute atomic E-state index is 0.0594. The number of nitrogens with one attached hydrogen (secondary N) is 2. The van der Waals surface area contributed by atoms with Crippen molar-refractivity contribution >= 4 is 5.96 Å². The van der Waals surface area contributed by atoms with Gasteiger partial charge in [-0.05, 0) is 37.1 Å². The highest BCUT2D eigenvalue weighted by Gasteiger charge is 2.27. The molecule has 1 aromatic rings. The second-order valence-corrected chi connectivity index (χ2v) is 6.68. The second kappa shape index (κ2) is 11.1. The first-order chi connectivity index (χ1) is 13.0. The number of aliphatic imine (C=N–C) groups is 1. The number of likely N-dealkylation sites (tertiary alicyclic amines) is 1. The monoisotopic (exact) mass is 386 g/mol. The molecule has 0 amide bonds. The number of alkyl halides is 3. The molecule has 8 heteroatoms. The van der Waals surface area contributed by atoms with Crippen molar-refractivity contribution in [2.45, 2.75) is 38.6 Å². The molecule has 27 heavy (non-hydrogen) atoms. The molecule has 0 saturated carbocycles. The SMILES string of the molecule is CN=C(NCCN1CCCCC1)NCc1cccc(COCC(F)(F)F)c1. The van der Waals surface area contributed by atoms with E-state index < -0.39 is 12.8 Å². The molecular weight excluding hydrogens is 357 g/mol. The third kappa shape index (κ3) is 9.10. The lowest BCUT2D eigenvalue weighted by Crippen LogP contribution is -2.42. The lowest BCUT2D eigenvalue weighted by atomic mass is 10.1. The predicted octanol–water partition coefficient (Wildman–Crippen LogP) is 2.92. The van der Waals surface area contributed by atoms with Crippen LogP contribution in [0.5, 0.6) is 0 Å². The molecule has 5 nitrogen and oxygen atoms in total. The van der Waals surface area contributed by atoms with Gasteiger partial charge < -0.3 is 20.3 Å². The minimum atomic E-state index is -4.30. The van der Waals surface area contributed by atoms with Crippen LogP contribution < -0.4 is 10.6 Å². The zero-order valence-electron chi connectivity index (χ0n) is 15.8. The first-order valence-electron chi connectivity index (χ1n) is 9.35. The molecule has 1 saturated heterocycles. The van der Waals surface area contributed by atoms with Crippen molar-refractivity contribution in [2.75, 3.05) is 39.8 Å². The number of ether oxygens (including phenoxy) is 1. The average molecular weight is 386 g/mol. The van der Waals surface area contributed by atoms with E-state index in [-0.39, 0.29) is 6.61 Å². The van der Waals surface area contributed by atoms with E-state index in [0.717, 1.165) is 31.7 Å². The summed E-state index contributed by atoms with van der Waals surface area (Å²) in [6.07, 6.45) is -0.426. The summed E-state index contributed by atoms with van der Waals surface area (Å²) in [5, 5.41) is 6.53. The minimum Gasteiger partial charge on any atom is -0.367 e. The summed E-state index contributed by atoms with van der Waals surface area (Å²) in [7, 11) is 1.72. The highest BCUT2D eigenvalue weighted by Crippen LogP contribution is 2.16. The Morgan fingerprint density at radius 1 is 1.15 bits per heavy atom. The van der Waals surface area contributed by atoms with Gasteiger partial charge in [0.25, 0.3) is 0 Å². The van der Waals surface area contributed by atoms with Gasteiger partial charge in [0.2, 0.25) is 0 Å². The zero-order valence-corrected chi connectivity index (χ0v) is 15.8. The number of benzene rings is 1. The van der Waals surface area contributed by atoms with E-state index in [9.17, 15) is 13.2 Å². The first-order valence-corrected chi connectivity index (χ1v) is 9.35. The Balaban J connectivity index is 1.71. The Bertz CT molecular complexity index is 587.